The average molecular weight is 422 g/mol. The molecule has 1 saturated carbocycles. The van der Waals surface area contributed by atoms with E-state index in [4.69, 9.17) is 0 Å². The summed E-state index contributed by atoms with van der Waals surface area (Å²) in [6.45, 7) is 5.18. The maximum atomic E-state index is 12.0. The minimum Gasteiger partial charge on any atom is -0.548 e. The van der Waals surface area contributed by atoms with Gasteiger partial charge in [-0.05, 0) is 36.9 Å². The van der Waals surface area contributed by atoms with Gasteiger partial charge in [0.05, 0.1) is 12.0 Å². The second kappa shape index (κ2) is 12.5. The minimum atomic E-state index is -1.32. The molecule has 2 atom stereocenters. The van der Waals surface area contributed by atoms with E-state index in [0.29, 0.717) is 18.6 Å². The number of aliphatic carboxylic acids is 2. The van der Waals surface area contributed by atoms with Gasteiger partial charge in [-0.1, -0.05) is 19.9 Å². The number of amides is 2. The Bertz CT molecular complexity index is 623. The molecule has 28 heavy (non-hydrogen) atoms. The molecule has 0 aromatic rings. The number of rotatable bonds is 12. The Morgan fingerprint density at radius 1 is 1.29 bits per heavy atom. The molecule has 1 fully saturated rings. The SMILES string of the molecule is CC(=O)NC(CSCCCC/C=C(\NC(=O)C1CC1(C)C)C(=O)O)C(=O)[O-].[Na+]. The fourth-order valence-corrected chi connectivity index (χ4v) is 3.57. The summed E-state index contributed by atoms with van der Waals surface area (Å²) in [5.74, 6) is -2.42. The molecule has 0 aliphatic heterocycles. The number of carboxylic acids is 2. The first-order chi connectivity index (χ1) is 12.5. The summed E-state index contributed by atoms with van der Waals surface area (Å²) in [6.07, 6.45) is 4.20. The van der Waals surface area contributed by atoms with Gasteiger partial charge in [0, 0.05) is 18.6 Å². The molecule has 0 spiro atoms. The third kappa shape index (κ3) is 9.95. The quantitative estimate of drug-likeness (QED) is 0.177. The van der Waals surface area contributed by atoms with Gasteiger partial charge in [0.15, 0.2) is 0 Å². The summed E-state index contributed by atoms with van der Waals surface area (Å²) in [4.78, 5) is 45.0. The molecule has 3 N–H and O–H groups in total. The number of carbonyl (C=O) groups is 4. The van der Waals surface area contributed by atoms with Crippen LogP contribution in [0.25, 0.3) is 0 Å². The molecular weight excluding hydrogens is 395 g/mol. The first-order valence-electron chi connectivity index (χ1n) is 8.84. The van der Waals surface area contributed by atoms with E-state index in [0.717, 1.165) is 12.8 Å². The summed E-state index contributed by atoms with van der Waals surface area (Å²) in [5, 5.41) is 24.9. The van der Waals surface area contributed by atoms with Crippen molar-refractivity contribution < 1.29 is 58.9 Å². The van der Waals surface area contributed by atoms with Crippen LogP contribution in [0.4, 0.5) is 0 Å². The Balaban J connectivity index is 0.00000729. The maximum absolute atomic E-state index is 12.0. The second-order valence-electron chi connectivity index (χ2n) is 7.30. The second-order valence-corrected chi connectivity index (χ2v) is 8.45. The van der Waals surface area contributed by atoms with Gasteiger partial charge in [-0.25, -0.2) is 4.79 Å². The molecular formula is C18H27N2NaO6S. The molecule has 2 unspecified atom stereocenters. The number of allylic oxidation sites excluding steroid dienone is 1. The predicted molar refractivity (Wildman–Crippen MR) is 99.5 cm³/mol. The molecule has 2 amide bonds. The summed E-state index contributed by atoms with van der Waals surface area (Å²) in [5.41, 5.74) is -0.163. The summed E-state index contributed by atoms with van der Waals surface area (Å²) >= 11 is 1.38. The number of carbonyl (C=O) groups excluding carboxylic acids is 3. The van der Waals surface area contributed by atoms with Gasteiger partial charge in [-0.2, -0.15) is 11.8 Å². The van der Waals surface area contributed by atoms with Gasteiger partial charge < -0.3 is 25.6 Å². The predicted octanol–water partition coefficient (Wildman–Crippen LogP) is -2.72. The van der Waals surface area contributed by atoms with Crippen molar-refractivity contribution in [2.75, 3.05) is 11.5 Å². The van der Waals surface area contributed by atoms with Gasteiger partial charge in [-0.3, -0.25) is 9.59 Å². The molecule has 1 aliphatic carbocycles. The van der Waals surface area contributed by atoms with Crippen molar-refractivity contribution in [1.29, 1.82) is 0 Å². The Hall–Kier alpha value is -1.03. The number of hydrogen-bond acceptors (Lipinski definition) is 6. The molecule has 0 heterocycles. The molecule has 0 aromatic heterocycles. The maximum Gasteiger partial charge on any atom is 1.00 e. The van der Waals surface area contributed by atoms with Crippen LogP contribution >= 0.6 is 11.8 Å². The van der Waals surface area contributed by atoms with E-state index < -0.39 is 23.9 Å². The summed E-state index contributed by atoms with van der Waals surface area (Å²) in [7, 11) is 0. The van der Waals surface area contributed by atoms with E-state index in [1.165, 1.54) is 24.8 Å². The van der Waals surface area contributed by atoms with Gasteiger partial charge in [0.1, 0.15) is 5.70 Å². The van der Waals surface area contributed by atoms with Crippen LogP contribution in [0.5, 0.6) is 0 Å². The zero-order valence-corrected chi connectivity index (χ0v) is 19.7. The minimum absolute atomic E-state index is 0. The Morgan fingerprint density at radius 2 is 1.89 bits per heavy atom. The van der Waals surface area contributed by atoms with Crippen molar-refractivity contribution in [2.45, 2.75) is 52.5 Å². The Kier molecular flexibility index (Phi) is 12.1. The zero-order chi connectivity index (χ0) is 20.6. The first kappa shape index (κ1) is 27.0. The molecule has 0 bridgehead atoms. The van der Waals surface area contributed by atoms with Gasteiger partial charge in [0.25, 0.3) is 0 Å². The van der Waals surface area contributed by atoms with Crippen molar-refractivity contribution >= 4 is 35.5 Å². The van der Waals surface area contributed by atoms with E-state index in [9.17, 15) is 29.4 Å². The van der Waals surface area contributed by atoms with Crippen LogP contribution in [0.2, 0.25) is 0 Å². The Labute approximate surface area is 191 Å². The number of thioether (sulfide) groups is 1. The normalized spacial score (nSPS) is 18.4. The van der Waals surface area contributed by atoms with Crippen molar-refractivity contribution in [1.82, 2.24) is 10.6 Å². The molecule has 0 radical (unpaired) electrons. The molecule has 8 nitrogen and oxygen atoms in total. The zero-order valence-electron chi connectivity index (χ0n) is 16.9. The standard InChI is InChI=1S/C18H28N2O6S.Na/c1-11(21)19-14(17(25)26)10-27-8-6-4-5-7-13(16(23)24)20-15(22)12-9-18(12,2)3;/h7,12,14H,4-6,8-10H2,1-3H3,(H,19,21)(H,20,22)(H,23,24)(H,25,26);/q;+1/p-1/b13-7-;. The van der Waals surface area contributed by atoms with Crippen molar-refractivity contribution in [2.24, 2.45) is 11.3 Å². The topological polar surface area (TPSA) is 136 Å². The van der Waals surface area contributed by atoms with E-state index in [-0.39, 0.29) is 58.2 Å². The summed E-state index contributed by atoms with van der Waals surface area (Å²) < 4.78 is 0. The van der Waals surface area contributed by atoms with Crippen molar-refractivity contribution in [3.63, 3.8) is 0 Å². The van der Waals surface area contributed by atoms with Crippen LogP contribution in [0.3, 0.4) is 0 Å². The Morgan fingerprint density at radius 3 is 2.36 bits per heavy atom. The third-order valence-electron chi connectivity index (χ3n) is 4.36. The molecule has 1 aliphatic rings. The number of carboxylic acid groups (broad SMARTS) is 2. The van der Waals surface area contributed by atoms with Gasteiger partial charge >= 0.3 is 35.5 Å². The van der Waals surface area contributed by atoms with Crippen LogP contribution in [-0.2, 0) is 19.2 Å². The van der Waals surface area contributed by atoms with Gasteiger partial charge in [-0.15, -0.1) is 0 Å². The number of hydrogen-bond donors (Lipinski definition) is 3. The molecule has 0 aromatic carbocycles. The largest absolute Gasteiger partial charge is 1.00 e. The van der Waals surface area contributed by atoms with Crippen LogP contribution < -0.4 is 45.3 Å². The monoisotopic (exact) mass is 422 g/mol. The number of nitrogens with one attached hydrogen (secondary N) is 2. The van der Waals surface area contributed by atoms with Crippen LogP contribution in [-0.4, -0.2) is 46.4 Å². The van der Waals surface area contributed by atoms with Gasteiger partial charge in [0.2, 0.25) is 11.8 Å². The fourth-order valence-electron chi connectivity index (χ4n) is 2.54. The molecule has 152 valence electrons. The van der Waals surface area contributed by atoms with Crippen LogP contribution in [0.1, 0.15) is 46.5 Å². The first-order valence-corrected chi connectivity index (χ1v) is 10.00. The smallest absolute Gasteiger partial charge is 0.548 e. The molecule has 0 saturated heterocycles. The number of unbranched alkanes of at least 4 members (excludes halogenated alkanes) is 2. The van der Waals surface area contributed by atoms with Crippen molar-refractivity contribution in [3.05, 3.63) is 11.8 Å². The van der Waals surface area contributed by atoms with Crippen LogP contribution in [0.15, 0.2) is 11.8 Å². The molecule has 10 heteroatoms. The molecule has 1 rings (SSSR count). The van der Waals surface area contributed by atoms with E-state index in [2.05, 4.69) is 10.6 Å². The average Bonchev–Trinajstić information content (AvgIpc) is 3.19. The third-order valence-corrected chi connectivity index (χ3v) is 5.50. The summed E-state index contributed by atoms with van der Waals surface area (Å²) in [6, 6.07) is -1.02. The van der Waals surface area contributed by atoms with E-state index in [1.807, 2.05) is 13.8 Å². The van der Waals surface area contributed by atoms with Crippen molar-refractivity contribution in [3.8, 4) is 0 Å². The van der Waals surface area contributed by atoms with E-state index >= 15 is 0 Å². The van der Waals surface area contributed by atoms with Crippen LogP contribution in [0, 0.1) is 11.3 Å². The fraction of sp³-hybridized carbons (Fsp3) is 0.667. The van der Waals surface area contributed by atoms with E-state index in [1.54, 1.807) is 0 Å².